The Labute approximate surface area is 242 Å². The van der Waals surface area contributed by atoms with E-state index >= 15 is 0 Å². The molecule has 1 saturated heterocycles. The minimum Gasteiger partial charge on any atom is -0.502 e. The number of hydrogen-bond donors (Lipinski definition) is 0. The summed E-state index contributed by atoms with van der Waals surface area (Å²) >= 11 is -1.83. The molecule has 4 nitrogen and oxygen atoms in total. The maximum Gasteiger partial charge on any atom is 0.0146 e. The van der Waals surface area contributed by atoms with Crippen molar-refractivity contribution in [2.24, 2.45) is 0 Å². The molecule has 0 aromatic heterocycles. The summed E-state index contributed by atoms with van der Waals surface area (Å²) in [6.45, 7) is 20.7. The first-order valence-electron chi connectivity index (χ1n) is 12.9. The number of aromatic hydroxyl groups is 1. The Morgan fingerprint density at radius 2 is 1.45 bits per heavy atom. The Morgan fingerprint density at radius 3 is 1.97 bits per heavy atom. The average Bonchev–Trinajstić information content (AvgIpc) is 3.29. The van der Waals surface area contributed by atoms with Crippen molar-refractivity contribution in [3.8, 4) is 11.5 Å². The van der Waals surface area contributed by atoms with Gasteiger partial charge >= 0.3 is 109 Å². The fraction of sp³-hybridized carbons (Fsp3) is 0.355. The van der Waals surface area contributed by atoms with Gasteiger partial charge in [-0.1, -0.05) is 35.9 Å². The quantitative estimate of drug-likeness (QED) is 0.148. The predicted octanol–water partition coefficient (Wildman–Crippen LogP) is 8.10. The van der Waals surface area contributed by atoms with Gasteiger partial charge in [-0.2, -0.15) is 6.67 Å². The van der Waals surface area contributed by atoms with Gasteiger partial charge in [0, 0.05) is 24.5 Å². The SMILES string of the molecule is CCOc1ccc([OH+]CC)c([CH]=[Ru]([Cl])[Cl])c1.Cc1cc(C)c(N2[CH-]N(c3c(C)cccc3C)CC2)c(C)c1. The third-order valence-electron chi connectivity index (χ3n) is 6.34. The number of aliphatic hydroxyl groups is 1. The van der Waals surface area contributed by atoms with E-state index in [2.05, 4.69) is 86.2 Å². The molecule has 0 radical (unpaired) electrons. The van der Waals surface area contributed by atoms with Crippen molar-refractivity contribution in [2.45, 2.75) is 48.5 Å². The molecule has 3 aromatic rings. The maximum absolute atomic E-state index is 5.88. The third kappa shape index (κ3) is 7.98. The Morgan fingerprint density at radius 1 is 0.868 bits per heavy atom. The molecule has 38 heavy (non-hydrogen) atoms. The van der Waals surface area contributed by atoms with Gasteiger partial charge in [-0.05, 0) is 56.9 Å². The molecule has 0 amide bonds. The molecule has 0 unspecified atom stereocenters. The number of rotatable bonds is 7. The monoisotopic (exact) mass is 644 g/mol. The van der Waals surface area contributed by atoms with Gasteiger partial charge < -0.3 is 9.80 Å². The molecule has 4 rings (SSSR count). The van der Waals surface area contributed by atoms with Crippen LogP contribution < -0.4 is 14.5 Å². The topological polar surface area (TPSA) is 28.5 Å². The maximum atomic E-state index is 5.88. The van der Waals surface area contributed by atoms with E-state index in [4.69, 9.17) is 24.1 Å². The fourth-order valence-corrected chi connectivity index (χ4v) is 6.78. The number of nitrogens with zero attached hydrogens (tertiary/aromatic N) is 2. The van der Waals surface area contributed by atoms with Gasteiger partial charge in [0.2, 0.25) is 0 Å². The van der Waals surface area contributed by atoms with Gasteiger partial charge in [0.25, 0.3) is 0 Å². The van der Waals surface area contributed by atoms with E-state index in [1.165, 1.54) is 39.2 Å². The molecule has 208 valence electrons. The first-order valence-corrected chi connectivity index (χ1v) is 18.4. The molecule has 3 aromatic carbocycles. The second-order valence-electron chi connectivity index (χ2n) is 9.42. The number of benzene rings is 3. The van der Waals surface area contributed by atoms with Gasteiger partial charge in [-0.3, -0.25) is 0 Å². The molecule has 0 saturated carbocycles. The number of hydrogen-bond acceptors (Lipinski definition) is 3. The summed E-state index contributed by atoms with van der Waals surface area (Å²) in [5.74, 6) is 1.75. The number of anilines is 2. The summed E-state index contributed by atoms with van der Waals surface area (Å²) in [6.07, 6.45) is 0. The zero-order chi connectivity index (χ0) is 27.8. The summed E-state index contributed by atoms with van der Waals surface area (Å²) in [6, 6.07) is 16.9. The molecule has 0 bridgehead atoms. The van der Waals surface area contributed by atoms with Crippen LogP contribution in [0.15, 0.2) is 48.5 Å². The molecular formula is C31H40Cl2N2O2Ru. The van der Waals surface area contributed by atoms with Gasteiger partial charge in [0.05, 0.1) is 0 Å². The van der Waals surface area contributed by atoms with E-state index in [0.717, 1.165) is 36.8 Å². The van der Waals surface area contributed by atoms with Crippen molar-refractivity contribution in [3.63, 3.8) is 0 Å². The zero-order valence-electron chi connectivity index (χ0n) is 23.5. The van der Waals surface area contributed by atoms with Crippen molar-refractivity contribution in [1.29, 1.82) is 0 Å². The van der Waals surface area contributed by atoms with Crippen LogP contribution in [0.1, 0.15) is 47.2 Å². The van der Waals surface area contributed by atoms with Crippen molar-refractivity contribution in [3.05, 3.63) is 88.6 Å². The van der Waals surface area contributed by atoms with Crippen LogP contribution in [0.2, 0.25) is 0 Å². The van der Waals surface area contributed by atoms with E-state index in [9.17, 15) is 0 Å². The molecule has 7 heteroatoms. The van der Waals surface area contributed by atoms with Gasteiger partial charge in [-0.25, -0.2) is 0 Å². The predicted molar refractivity (Wildman–Crippen MR) is 162 cm³/mol. The van der Waals surface area contributed by atoms with E-state index in [1.54, 1.807) is 0 Å². The van der Waals surface area contributed by atoms with Crippen LogP contribution in [-0.2, 0) is 13.5 Å². The number of ether oxygens (including phenoxy) is 2. The summed E-state index contributed by atoms with van der Waals surface area (Å²) in [5, 5.41) is 0. The van der Waals surface area contributed by atoms with Gasteiger partial charge in [0.1, 0.15) is 0 Å². The number of para-hydroxylation sites is 1. The van der Waals surface area contributed by atoms with E-state index < -0.39 is 13.5 Å². The normalized spacial score (nSPS) is 13.1. The Balaban J connectivity index is 0.000000223. The summed E-state index contributed by atoms with van der Waals surface area (Å²) in [7, 11) is 11.8. The standard InChI is InChI=1S/C20H25N2.C11H14O2.2ClH.Ru/c1-14-11-17(4)20(18(5)12-14)22-10-9-21(13-22)19-15(2)7-6-8-16(19)3;1-4-12-10-6-7-11(13-5-2)9(3)8-10;;;/h6-8,11-13H,9-10H2,1-5H3;3,6-8H,4-5H2,1-2H3;2*1H;/q-1;;;;+2/p-1. The summed E-state index contributed by atoms with van der Waals surface area (Å²) in [4.78, 5) is 4.79. The fourth-order valence-electron chi connectivity index (χ4n) is 4.99. The molecule has 1 aliphatic heterocycles. The van der Waals surface area contributed by atoms with Gasteiger partial charge in [-0.15, -0.1) is 0 Å². The van der Waals surface area contributed by atoms with Crippen LogP contribution in [0.25, 0.3) is 0 Å². The van der Waals surface area contributed by atoms with E-state index in [-0.39, 0.29) is 0 Å². The van der Waals surface area contributed by atoms with Crippen molar-refractivity contribution in [2.75, 3.05) is 36.1 Å². The molecule has 1 N–H and O–H groups in total. The average molecular weight is 645 g/mol. The van der Waals surface area contributed by atoms with E-state index in [1.807, 2.05) is 36.7 Å². The largest absolute Gasteiger partial charge is 0.502 e. The minimum atomic E-state index is -1.83. The molecule has 0 atom stereocenters. The summed E-state index contributed by atoms with van der Waals surface area (Å²) in [5.41, 5.74) is 10.4. The van der Waals surface area contributed by atoms with Crippen LogP contribution in [0, 0.1) is 41.3 Å². The van der Waals surface area contributed by atoms with Crippen LogP contribution in [-0.4, -0.2) is 35.6 Å². The Hall–Kier alpha value is -2.07. The van der Waals surface area contributed by atoms with Crippen molar-refractivity contribution >= 4 is 35.4 Å². The molecule has 1 aliphatic rings. The van der Waals surface area contributed by atoms with Crippen LogP contribution in [0.5, 0.6) is 11.5 Å². The smallest absolute Gasteiger partial charge is 0.0146 e. The first kappa shape index (κ1) is 30.5. The van der Waals surface area contributed by atoms with Crippen LogP contribution in [0.3, 0.4) is 0 Å². The number of halogens is 2. The third-order valence-corrected chi connectivity index (χ3v) is 8.17. The second kappa shape index (κ2) is 14.4. The van der Waals surface area contributed by atoms with Crippen LogP contribution >= 0.6 is 19.4 Å². The van der Waals surface area contributed by atoms with E-state index in [0.29, 0.717) is 6.61 Å². The molecular weight excluding hydrogens is 604 g/mol. The number of aryl methyl sites for hydroxylation is 5. The second-order valence-corrected chi connectivity index (χ2v) is 15.1. The zero-order valence-corrected chi connectivity index (χ0v) is 26.7. The van der Waals surface area contributed by atoms with Gasteiger partial charge in [0.15, 0.2) is 0 Å². The molecule has 1 heterocycles. The van der Waals surface area contributed by atoms with Crippen LogP contribution in [0.4, 0.5) is 11.4 Å². The molecule has 0 spiro atoms. The molecule has 1 fully saturated rings. The summed E-state index contributed by atoms with van der Waals surface area (Å²) < 4.78 is 11.7. The Kier molecular flexibility index (Phi) is 11.5. The van der Waals surface area contributed by atoms with Crippen molar-refractivity contribution < 1.29 is 23.0 Å². The Bertz CT molecular complexity index is 1230. The minimum absolute atomic E-state index is 0.646. The first-order chi connectivity index (χ1) is 18.1. The van der Waals surface area contributed by atoms with Crippen molar-refractivity contribution in [1.82, 2.24) is 0 Å². The molecule has 0 aliphatic carbocycles.